The predicted octanol–water partition coefficient (Wildman–Crippen LogP) is 3.65. The highest BCUT2D eigenvalue weighted by atomic mass is 32.2. The third-order valence-corrected chi connectivity index (χ3v) is 9.38. The standard InChI is InChI=1S/C21H26N4O2S2/c1-25-9-8-18-15(12-25)11-19(28-18)29(22,27)24-21(26)23-20-16-6-2-4-13(16)10-14-5-3-7-17(14)20/h10-11H,2-9,12H2,1H3,(H3,22,23,24,26,27)/t29-/m0/s1. The first-order chi connectivity index (χ1) is 13.9. The number of likely N-dealkylation sites (N-methyl/N-ethyl adjacent to an activating group) is 1. The van der Waals surface area contributed by atoms with Crippen molar-refractivity contribution < 1.29 is 9.00 Å². The lowest BCUT2D eigenvalue weighted by Crippen LogP contribution is -2.25. The first kappa shape index (κ1) is 19.2. The summed E-state index contributed by atoms with van der Waals surface area (Å²) in [4.78, 5) is 16.2. The van der Waals surface area contributed by atoms with Crippen molar-refractivity contribution in [3.63, 3.8) is 0 Å². The summed E-state index contributed by atoms with van der Waals surface area (Å²) in [6.45, 7) is 1.79. The Labute approximate surface area is 175 Å². The Balaban J connectivity index is 1.45. The number of rotatable bonds is 2. The van der Waals surface area contributed by atoms with Gasteiger partial charge in [-0.15, -0.1) is 15.7 Å². The maximum absolute atomic E-state index is 13.1. The third kappa shape index (κ3) is 3.52. The number of anilines is 1. The Morgan fingerprint density at radius 1 is 1.10 bits per heavy atom. The fourth-order valence-corrected chi connectivity index (χ4v) is 7.33. The number of nitrogens with zero attached hydrogens (tertiary/aromatic N) is 2. The van der Waals surface area contributed by atoms with Gasteiger partial charge in [-0.25, -0.2) is 14.1 Å². The van der Waals surface area contributed by atoms with E-state index >= 15 is 0 Å². The molecule has 0 saturated carbocycles. The van der Waals surface area contributed by atoms with Crippen LogP contribution < -0.4 is 10.5 Å². The van der Waals surface area contributed by atoms with Crippen LogP contribution in [0.25, 0.3) is 0 Å². The number of hydrogen-bond acceptors (Lipinski definition) is 4. The lowest BCUT2D eigenvalue weighted by molar-refractivity contribution is 0.260. The topological polar surface area (TPSA) is 87.8 Å². The van der Waals surface area contributed by atoms with E-state index in [-0.39, 0.29) is 0 Å². The highest BCUT2D eigenvalue weighted by molar-refractivity contribution is 7.93. The molecule has 154 valence electrons. The highest BCUT2D eigenvalue weighted by Gasteiger charge is 2.26. The second-order valence-electron chi connectivity index (χ2n) is 8.33. The number of aryl methyl sites for hydroxylation is 2. The molecule has 8 heteroatoms. The number of carbonyl (C=O) groups is 1. The molecule has 3 aliphatic rings. The molecule has 0 fully saturated rings. The summed E-state index contributed by atoms with van der Waals surface area (Å²) in [7, 11) is -1.19. The number of nitrogens with one attached hydrogen (secondary N) is 1. The Bertz CT molecular complexity index is 1100. The second kappa shape index (κ2) is 7.19. The van der Waals surface area contributed by atoms with Crippen LogP contribution in [0.2, 0.25) is 0 Å². The van der Waals surface area contributed by atoms with E-state index in [0.29, 0.717) is 4.21 Å². The molecule has 5 rings (SSSR count). The van der Waals surface area contributed by atoms with Crippen molar-refractivity contribution >= 4 is 33.0 Å². The van der Waals surface area contributed by atoms with Gasteiger partial charge in [0.25, 0.3) is 0 Å². The van der Waals surface area contributed by atoms with Crippen molar-refractivity contribution in [2.24, 2.45) is 9.50 Å². The van der Waals surface area contributed by atoms with Gasteiger partial charge in [-0.1, -0.05) is 6.07 Å². The smallest absolute Gasteiger partial charge is 0.305 e. The van der Waals surface area contributed by atoms with Crippen LogP contribution in [0.5, 0.6) is 0 Å². The van der Waals surface area contributed by atoms with Gasteiger partial charge in [0, 0.05) is 23.7 Å². The number of amides is 2. The number of urea groups is 1. The van der Waals surface area contributed by atoms with Crippen LogP contribution in [0, 0.1) is 0 Å². The van der Waals surface area contributed by atoms with E-state index in [1.54, 1.807) is 0 Å². The average molecular weight is 431 g/mol. The summed E-state index contributed by atoms with van der Waals surface area (Å²) >= 11 is 1.43. The molecule has 2 amide bonds. The molecule has 1 aromatic carbocycles. The normalized spacial score (nSPS) is 19.9. The van der Waals surface area contributed by atoms with Crippen molar-refractivity contribution in [2.45, 2.75) is 55.7 Å². The molecular weight excluding hydrogens is 404 g/mol. The molecule has 3 N–H and O–H groups in total. The fourth-order valence-electron chi connectivity index (χ4n) is 4.86. The van der Waals surface area contributed by atoms with E-state index in [1.807, 2.05) is 6.07 Å². The number of fused-ring (bicyclic) bond motifs is 3. The Kier molecular flexibility index (Phi) is 4.77. The molecule has 1 atom stereocenters. The molecule has 0 bridgehead atoms. The van der Waals surface area contributed by atoms with Gasteiger partial charge >= 0.3 is 6.03 Å². The van der Waals surface area contributed by atoms with Gasteiger partial charge in [-0.3, -0.25) is 0 Å². The van der Waals surface area contributed by atoms with Crippen LogP contribution in [0.15, 0.2) is 20.7 Å². The molecule has 2 aromatic rings. The average Bonchev–Trinajstić information content (AvgIpc) is 3.39. The minimum Gasteiger partial charge on any atom is -0.305 e. The minimum atomic E-state index is -3.26. The molecule has 29 heavy (non-hydrogen) atoms. The van der Waals surface area contributed by atoms with E-state index in [0.717, 1.165) is 69.3 Å². The number of carbonyl (C=O) groups excluding carboxylic acids is 1. The number of hydrogen-bond donors (Lipinski definition) is 2. The molecule has 2 heterocycles. The molecule has 0 radical (unpaired) electrons. The Morgan fingerprint density at radius 2 is 1.79 bits per heavy atom. The zero-order valence-electron chi connectivity index (χ0n) is 16.6. The van der Waals surface area contributed by atoms with E-state index in [2.05, 4.69) is 27.7 Å². The highest BCUT2D eigenvalue weighted by Crippen LogP contribution is 2.39. The molecular formula is C21H26N4O2S2. The van der Waals surface area contributed by atoms with Crippen molar-refractivity contribution in [2.75, 3.05) is 18.9 Å². The van der Waals surface area contributed by atoms with Crippen molar-refractivity contribution in [1.29, 1.82) is 0 Å². The number of benzene rings is 1. The Morgan fingerprint density at radius 3 is 2.48 bits per heavy atom. The zero-order chi connectivity index (χ0) is 20.2. The van der Waals surface area contributed by atoms with Gasteiger partial charge in [0.2, 0.25) is 0 Å². The van der Waals surface area contributed by atoms with Gasteiger partial charge in [0.15, 0.2) is 9.92 Å². The maximum atomic E-state index is 13.1. The monoisotopic (exact) mass is 430 g/mol. The van der Waals surface area contributed by atoms with Crippen LogP contribution in [-0.2, 0) is 48.6 Å². The lowest BCUT2D eigenvalue weighted by Gasteiger charge is -2.21. The van der Waals surface area contributed by atoms with E-state index in [4.69, 9.17) is 5.14 Å². The summed E-state index contributed by atoms with van der Waals surface area (Å²) in [6.07, 6.45) is 7.21. The summed E-state index contributed by atoms with van der Waals surface area (Å²) in [5.41, 5.74) is 7.18. The first-order valence-corrected chi connectivity index (χ1v) is 12.6. The molecule has 0 spiro atoms. The van der Waals surface area contributed by atoms with Gasteiger partial charge in [0.1, 0.15) is 4.21 Å². The van der Waals surface area contributed by atoms with Crippen LogP contribution >= 0.6 is 11.3 Å². The van der Waals surface area contributed by atoms with Gasteiger partial charge in [-0.05, 0) is 85.9 Å². The molecule has 0 saturated heterocycles. The summed E-state index contributed by atoms with van der Waals surface area (Å²) in [6, 6.07) is 3.58. The second-order valence-corrected chi connectivity index (χ2v) is 11.5. The quantitative estimate of drug-likeness (QED) is 0.762. The lowest BCUT2D eigenvalue weighted by atomic mass is 9.99. The van der Waals surface area contributed by atoms with Gasteiger partial charge in [0.05, 0.1) is 0 Å². The number of nitrogens with two attached hydrogens (primary N) is 1. The minimum absolute atomic E-state index is 0.497. The van der Waals surface area contributed by atoms with Crippen LogP contribution in [-0.4, -0.2) is 28.7 Å². The SMILES string of the molecule is CN1CCc2sc([S@@](N)(=O)=NC(=O)Nc3c4c(cc5c3CCC5)CCC4)cc2C1. The fraction of sp³-hybridized carbons (Fsp3) is 0.476. The van der Waals surface area contributed by atoms with E-state index in [1.165, 1.54) is 38.5 Å². The van der Waals surface area contributed by atoms with Gasteiger partial charge in [-0.2, -0.15) is 0 Å². The molecule has 1 aliphatic heterocycles. The summed E-state index contributed by atoms with van der Waals surface area (Å²) in [5.74, 6) is 0. The van der Waals surface area contributed by atoms with E-state index in [9.17, 15) is 9.00 Å². The largest absolute Gasteiger partial charge is 0.354 e. The molecule has 1 aromatic heterocycles. The molecule has 0 unspecified atom stereocenters. The van der Waals surface area contributed by atoms with Crippen LogP contribution in [0.1, 0.15) is 45.5 Å². The number of thiophene rings is 1. The third-order valence-electron chi connectivity index (χ3n) is 6.25. The molecule has 2 aliphatic carbocycles. The first-order valence-electron chi connectivity index (χ1n) is 10.2. The van der Waals surface area contributed by atoms with Crippen molar-refractivity contribution in [3.05, 3.63) is 44.8 Å². The maximum Gasteiger partial charge on any atom is 0.354 e. The summed E-state index contributed by atoms with van der Waals surface area (Å²) < 4.78 is 17.5. The van der Waals surface area contributed by atoms with Crippen LogP contribution in [0.3, 0.4) is 0 Å². The Hall–Kier alpha value is -1.74. The van der Waals surface area contributed by atoms with E-state index < -0.39 is 15.9 Å². The van der Waals surface area contributed by atoms with Crippen molar-refractivity contribution in [1.82, 2.24) is 4.90 Å². The van der Waals surface area contributed by atoms with Gasteiger partial charge < -0.3 is 10.2 Å². The van der Waals surface area contributed by atoms with Crippen LogP contribution in [0.4, 0.5) is 10.5 Å². The summed E-state index contributed by atoms with van der Waals surface area (Å²) in [5, 5.41) is 9.03. The molecule has 6 nitrogen and oxygen atoms in total. The predicted molar refractivity (Wildman–Crippen MR) is 117 cm³/mol. The van der Waals surface area contributed by atoms with Crippen molar-refractivity contribution in [3.8, 4) is 0 Å². The zero-order valence-corrected chi connectivity index (χ0v) is 18.3.